The minimum absolute atomic E-state index is 0.0201. The van der Waals surface area contributed by atoms with Crippen molar-refractivity contribution in [3.63, 3.8) is 0 Å². The second-order valence-electron chi connectivity index (χ2n) is 6.07. The first kappa shape index (κ1) is 19.4. The maximum atomic E-state index is 14.2. The van der Waals surface area contributed by atoms with Crippen LogP contribution in [-0.4, -0.2) is 27.3 Å². The van der Waals surface area contributed by atoms with Crippen LogP contribution in [0.1, 0.15) is 17.0 Å². The Kier molecular flexibility index (Phi) is 5.63. The SMILES string of the molecule is COC(=O)[C@H](Cc1ccccc1F)c1cc(=O)oc2c(OC)c(OC)ccc12. The monoisotopic (exact) mass is 386 g/mol. The predicted octanol–water partition coefficient (Wildman–Crippen LogP) is 3.45. The number of benzene rings is 2. The van der Waals surface area contributed by atoms with Crippen molar-refractivity contribution in [3.8, 4) is 11.5 Å². The van der Waals surface area contributed by atoms with Crippen LogP contribution in [0.15, 0.2) is 51.7 Å². The van der Waals surface area contributed by atoms with Crippen LogP contribution >= 0.6 is 0 Å². The quantitative estimate of drug-likeness (QED) is 0.477. The summed E-state index contributed by atoms with van der Waals surface area (Å²) in [6, 6.07) is 10.7. The minimum atomic E-state index is -0.911. The predicted molar refractivity (Wildman–Crippen MR) is 100 cm³/mol. The number of ether oxygens (including phenoxy) is 3. The van der Waals surface area contributed by atoms with Crippen molar-refractivity contribution in [2.24, 2.45) is 0 Å². The van der Waals surface area contributed by atoms with E-state index in [1.54, 1.807) is 30.3 Å². The van der Waals surface area contributed by atoms with Gasteiger partial charge in [-0.1, -0.05) is 18.2 Å². The number of hydrogen-bond acceptors (Lipinski definition) is 6. The van der Waals surface area contributed by atoms with Gasteiger partial charge in [-0.25, -0.2) is 9.18 Å². The molecule has 1 atom stereocenters. The molecule has 146 valence electrons. The summed E-state index contributed by atoms with van der Waals surface area (Å²) >= 11 is 0. The van der Waals surface area contributed by atoms with E-state index in [0.717, 1.165) is 0 Å². The second kappa shape index (κ2) is 8.12. The number of esters is 1. The van der Waals surface area contributed by atoms with Crippen LogP contribution in [0.2, 0.25) is 0 Å². The Morgan fingerprint density at radius 3 is 2.50 bits per heavy atom. The smallest absolute Gasteiger partial charge is 0.336 e. The lowest BCUT2D eigenvalue weighted by Gasteiger charge is -2.18. The van der Waals surface area contributed by atoms with Gasteiger partial charge in [0, 0.05) is 11.5 Å². The van der Waals surface area contributed by atoms with Gasteiger partial charge in [-0.3, -0.25) is 4.79 Å². The Hall–Kier alpha value is -3.35. The first-order valence-corrected chi connectivity index (χ1v) is 8.50. The first-order valence-electron chi connectivity index (χ1n) is 8.50. The van der Waals surface area contributed by atoms with E-state index in [9.17, 15) is 14.0 Å². The van der Waals surface area contributed by atoms with Crippen molar-refractivity contribution in [1.82, 2.24) is 0 Å². The normalized spacial score (nSPS) is 11.9. The third kappa shape index (κ3) is 3.55. The summed E-state index contributed by atoms with van der Waals surface area (Å²) < 4.78 is 35.0. The van der Waals surface area contributed by atoms with Crippen molar-refractivity contribution in [3.05, 3.63) is 69.8 Å². The Morgan fingerprint density at radius 2 is 1.86 bits per heavy atom. The van der Waals surface area contributed by atoms with E-state index in [0.29, 0.717) is 22.3 Å². The van der Waals surface area contributed by atoms with Crippen LogP contribution in [0.3, 0.4) is 0 Å². The van der Waals surface area contributed by atoms with Crippen molar-refractivity contribution < 1.29 is 27.8 Å². The average molecular weight is 386 g/mol. The second-order valence-corrected chi connectivity index (χ2v) is 6.07. The summed E-state index contributed by atoms with van der Waals surface area (Å²) in [4.78, 5) is 24.7. The van der Waals surface area contributed by atoms with E-state index in [1.165, 1.54) is 33.5 Å². The molecule has 7 heteroatoms. The van der Waals surface area contributed by atoms with Gasteiger partial charge in [0.2, 0.25) is 5.75 Å². The van der Waals surface area contributed by atoms with Crippen molar-refractivity contribution in [2.45, 2.75) is 12.3 Å². The molecule has 6 nitrogen and oxygen atoms in total. The lowest BCUT2D eigenvalue weighted by Crippen LogP contribution is -2.19. The van der Waals surface area contributed by atoms with Gasteiger partial charge in [-0.2, -0.15) is 0 Å². The van der Waals surface area contributed by atoms with Crippen LogP contribution in [-0.2, 0) is 16.0 Å². The molecule has 1 aromatic heterocycles. The summed E-state index contributed by atoms with van der Waals surface area (Å²) in [5.74, 6) is -1.34. The van der Waals surface area contributed by atoms with E-state index in [4.69, 9.17) is 18.6 Å². The lowest BCUT2D eigenvalue weighted by molar-refractivity contribution is -0.142. The molecule has 3 rings (SSSR count). The highest BCUT2D eigenvalue weighted by Crippen LogP contribution is 2.38. The summed E-state index contributed by atoms with van der Waals surface area (Å²) in [7, 11) is 4.12. The Bertz CT molecular complexity index is 1070. The standard InChI is InChI=1S/C21H19FO6/c1-25-17-9-8-13-14(11-18(23)28-19(13)20(17)26-2)15(21(24)27-3)10-12-6-4-5-7-16(12)22/h4-9,11,15H,10H2,1-3H3/t15-/m1/s1. The minimum Gasteiger partial charge on any atom is -0.493 e. The number of fused-ring (bicyclic) bond motifs is 1. The van der Waals surface area contributed by atoms with Gasteiger partial charge < -0.3 is 18.6 Å². The summed E-state index contributed by atoms with van der Waals surface area (Å²) in [5.41, 5.74) is 0.172. The molecule has 0 N–H and O–H groups in total. The van der Waals surface area contributed by atoms with Gasteiger partial charge in [-0.05, 0) is 35.7 Å². The molecule has 0 aliphatic carbocycles. The fourth-order valence-electron chi connectivity index (χ4n) is 3.20. The van der Waals surface area contributed by atoms with E-state index < -0.39 is 23.3 Å². The Morgan fingerprint density at radius 1 is 1.11 bits per heavy atom. The number of halogens is 1. The number of methoxy groups -OCH3 is 3. The maximum Gasteiger partial charge on any atom is 0.336 e. The highest BCUT2D eigenvalue weighted by molar-refractivity contribution is 5.92. The van der Waals surface area contributed by atoms with E-state index >= 15 is 0 Å². The fourth-order valence-corrected chi connectivity index (χ4v) is 3.20. The molecule has 0 saturated heterocycles. The summed E-state index contributed by atoms with van der Waals surface area (Å²) in [6.07, 6.45) is 0.0201. The van der Waals surface area contributed by atoms with E-state index in [2.05, 4.69) is 0 Å². The molecule has 3 aromatic rings. The number of rotatable bonds is 6. The summed E-state index contributed by atoms with van der Waals surface area (Å²) in [5, 5.41) is 0.476. The van der Waals surface area contributed by atoms with Gasteiger partial charge in [-0.15, -0.1) is 0 Å². The molecule has 0 bridgehead atoms. The topological polar surface area (TPSA) is 75.0 Å². The van der Waals surface area contributed by atoms with Crippen LogP contribution in [0.25, 0.3) is 11.0 Å². The number of hydrogen-bond donors (Lipinski definition) is 0. The van der Waals surface area contributed by atoms with Crippen LogP contribution in [0.4, 0.5) is 4.39 Å². The number of carbonyl (C=O) groups is 1. The molecule has 0 radical (unpaired) electrons. The molecule has 0 aliphatic rings. The van der Waals surface area contributed by atoms with Gasteiger partial charge in [0.15, 0.2) is 11.3 Å². The lowest BCUT2D eigenvalue weighted by atomic mass is 9.89. The van der Waals surface area contributed by atoms with E-state index in [1.807, 2.05) is 0 Å². The first-order chi connectivity index (χ1) is 13.5. The molecule has 1 heterocycles. The van der Waals surface area contributed by atoms with Gasteiger partial charge in [0.05, 0.1) is 27.2 Å². The zero-order valence-corrected chi connectivity index (χ0v) is 15.7. The zero-order valence-electron chi connectivity index (χ0n) is 15.7. The van der Waals surface area contributed by atoms with Crippen molar-refractivity contribution in [1.29, 1.82) is 0 Å². The van der Waals surface area contributed by atoms with Crippen LogP contribution < -0.4 is 15.1 Å². The number of carbonyl (C=O) groups excluding carboxylic acids is 1. The molecule has 0 saturated carbocycles. The zero-order chi connectivity index (χ0) is 20.3. The van der Waals surface area contributed by atoms with E-state index in [-0.39, 0.29) is 17.8 Å². The maximum absolute atomic E-state index is 14.2. The Balaban J connectivity index is 2.24. The molecule has 2 aromatic carbocycles. The highest BCUT2D eigenvalue weighted by atomic mass is 19.1. The van der Waals surface area contributed by atoms with Crippen molar-refractivity contribution in [2.75, 3.05) is 21.3 Å². The van der Waals surface area contributed by atoms with Crippen molar-refractivity contribution >= 4 is 16.9 Å². The molecule has 0 amide bonds. The summed E-state index contributed by atoms with van der Waals surface area (Å²) in [6.45, 7) is 0. The molecule has 0 aliphatic heterocycles. The third-order valence-electron chi connectivity index (χ3n) is 4.53. The molecular formula is C21H19FO6. The third-order valence-corrected chi connectivity index (χ3v) is 4.53. The molecule has 0 fully saturated rings. The van der Waals surface area contributed by atoms with Gasteiger partial charge in [0.1, 0.15) is 5.82 Å². The molecule has 0 spiro atoms. The van der Waals surface area contributed by atoms with Crippen LogP contribution in [0, 0.1) is 5.82 Å². The Labute approximate surface area is 160 Å². The van der Waals surface area contributed by atoms with Crippen LogP contribution in [0.5, 0.6) is 11.5 Å². The fraction of sp³-hybridized carbons (Fsp3) is 0.238. The molecule has 28 heavy (non-hydrogen) atoms. The largest absolute Gasteiger partial charge is 0.493 e. The molecule has 0 unspecified atom stereocenters. The van der Waals surface area contributed by atoms with Gasteiger partial charge >= 0.3 is 11.6 Å². The molecular weight excluding hydrogens is 367 g/mol. The average Bonchev–Trinajstić information content (AvgIpc) is 2.71. The highest BCUT2D eigenvalue weighted by Gasteiger charge is 2.27. The van der Waals surface area contributed by atoms with Gasteiger partial charge in [0.25, 0.3) is 0 Å².